The van der Waals surface area contributed by atoms with E-state index in [4.69, 9.17) is 5.73 Å². The molecule has 3 N–H and O–H groups in total. The molecule has 0 bridgehead atoms. The quantitative estimate of drug-likeness (QED) is 0.791. The molecule has 0 saturated heterocycles. The van der Waals surface area contributed by atoms with E-state index in [0.29, 0.717) is 6.54 Å². The van der Waals surface area contributed by atoms with Crippen LogP contribution in [0.3, 0.4) is 0 Å². The Labute approximate surface area is 89.7 Å². The number of halogens is 1. The normalized spacial score (nSPS) is 18.5. The third kappa shape index (κ3) is 2.03. The Morgan fingerprint density at radius 1 is 1.27 bits per heavy atom. The molecule has 0 atom stereocenters. The molecule has 1 aromatic rings. The fourth-order valence-corrected chi connectivity index (χ4v) is 2.18. The summed E-state index contributed by atoms with van der Waals surface area (Å²) >= 11 is 0. The lowest BCUT2D eigenvalue weighted by molar-refractivity contribution is 0.188. The number of nitrogens with two attached hydrogens (primary N) is 1. The van der Waals surface area contributed by atoms with E-state index in [9.17, 15) is 4.39 Å². The molecule has 1 saturated carbocycles. The van der Waals surface area contributed by atoms with E-state index in [1.165, 1.54) is 24.1 Å². The summed E-state index contributed by atoms with van der Waals surface area (Å²) in [5.74, 6) is -0.174. The highest BCUT2D eigenvalue weighted by molar-refractivity contribution is 5.27. The van der Waals surface area contributed by atoms with Crippen LogP contribution < -0.4 is 11.1 Å². The van der Waals surface area contributed by atoms with Crippen molar-refractivity contribution in [3.8, 4) is 0 Å². The summed E-state index contributed by atoms with van der Waals surface area (Å²) in [6.45, 7) is 1.46. The van der Waals surface area contributed by atoms with Crippen molar-refractivity contribution in [3.05, 3.63) is 35.6 Å². The van der Waals surface area contributed by atoms with Gasteiger partial charge >= 0.3 is 0 Å². The Balaban J connectivity index is 2.14. The number of nitrogens with one attached hydrogen (secondary N) is 1. The molecule has 1 aliphatic carbocycles. The minimum absolute atomic E-state index is 0.0626. The van der Waals surface area contributed by atoms with Crippen LogP contribution in [0.2, 0.25) is 0 Å². The highest BCUT2D eigenvalue weighted by Crippen LogP contribution is 2.40. The molecule has 0 aromatic heterocycles. The lowest BCUT2D eigenvalue weighted by Crippen LogP contribution is -2.49. The third-order valence-corrected chi connectivity index (χ3v) is 3.21. The lowest BCUT2D eigenvalue weighted by atomic mass is 9.72. The summed E-state index contributed by atoms with van der Waals surface area (Å²) in [5.41, 5.74) is 6.74. The van der Waals surface area contributed by atoms with Gasteiger partial charge in [-0.2, -0.15) is 0 Å². The smallest absolute Gasteiger partial charge is 0.123 e. The van der Waals surface area contributed by atoms with E-state index < -0.39 is 0 Å². The second kappa shape index (κ2) is 4.29. The number of hydrogen-bond donors (Lipinski definition) is 2. The average molecular weight is 208 g/mol. The minimum atomic E-state index is -0.174. The third-order valence-electron chi connectivity index (χ3n) is 3.21. The molecule has 2 nitrogen and oxygen atoms in total. The van der Waals surface area contributed by atoms with Gasteiger partial charge in [0.1, 0.15) is 5.82 Å². The molecule has 0 aliphatic heterocycles. The summed E-state index contributed by atoms with van der Waals surface area (Å²) in [7, 11) is 0. The topological polar surface area (TPSA) is 38.0 Å². The summed E-state index contributed by atoms with van der Waals surface area (Å²) in [4.78, 5) is 0. The van der Waals surface area contributed by atoms with Gasteiger partial charge in [0.15, 0.2) is 0 Å². The number of benzene rings is 1. The summed E-state index contributed by atoms with van der Waals surface area (Å²) in [5, 5.41) is 3.47. The highest BCUT2D eigenvalue weighted by atomic mass is 19.1. The van der Waals surface area contributed by atoms with E-state index in [0.717, 1.165) is 19.4 Å². The molecular formula is C12H17FN2. The second-order valence-corrected chi connectivity index (χ2v) is 4.16. The van der Waals surface area contributed by atoms with Gasteiger partial charge in [0.05, 0.1) is 0 Å². The minimum Gasteiger partial charge on any atom is -0.329 e. The second-order valence-electron chi connectivity index (χ2n) is 4.16. The zero-order chi connectivity index (χ0) is 10.7. The highest BCUT2D eigenvalue weighted by Gasteiger charge is 2.37. The van der Waals surface area contributed by atoms with Crippen molar-refractivity contribution in [2.24, 2.45) is 5.73 Å². The number of hydrogen-bond acceptors (Lipinski definition) is 2. The summed E-state index contributed by atoms with van der Waals surface area (Å²) in [6, 6.07) is 6.80. The van der Waals surface area contributed by atoms with Crippen LogP contribution in [0, 0.1) is 5.82 Å². The molecule has 0 unspecified atom stereocenters. The Kier molecular flexibility index (Phi) is 3.03. The van der Waals surface area contributed by atoms with Crippen LogP contribution in [-0.2, 0) is 5.54 Å². The molecule has 0 spiro atoms. The molecule has 0 heterocycles. The van der Waals surface area contributed by atoms with Gasteiger partial charge in [0.25, 0.3) is 0 Å². The van der Waals surface area contributed by atoms with Crippen LogP contribution in [0.4, 0.5) is 4.39 Å². The molecule has 0 radical (unpaired) electrons. The zero-order valence-corrected chi connectivity index (χ0v) is 8.80. The first-order valence-corrected chi connectivity index (χ1v) is 5.48. The summed E-state index contributed by atoms with van der Waals surface area (Å²) in [6.07, 6.45) is 3.48. The largest absolute Gasteiger partial charge is 0.329 e. The van der Waals surface area contributed by atoms with Crippen LogP contribution in [0.15, 0.2) is 24.3 Å². The average Bonchev–Trinajstić information content (AvgIpc) is 2.19. The van der Waals surface area contributed by atoms with E-state index in [1.54, 1.807) is 0 Å². The first kappa shape index (κ1) is 10.6. The Morgan fingerprint density at radius 3 is 2.40 bits per heavy atom. The van der Waals surface area contributed by atoms with Crippen molar-refractivity contribution >= 4 is 0 Å². The molecule has 82 valence electrons. The summed E-state index contributed by atoms with van der Waals surface area (Å²) < 4.78 is 12.8. The molecule has 1 fully saturated rings. The Bertz CT molecular complexity index is 317. The van der Waals surface area contributed by atoms with Crippen molar-refractivity contribution in [1.29, 1.82) is 0 Å². The monoisotopic (exact) mass is 208 g/mol. The van der Waals surface area contributed by atoms with Gasteiger partial charge in [0.2, 0.25) is 0 Å². The van der Waals surface area contributed by atoms with Gasteiger partial charge in [-0.25, -0.2) is 4.39 Å². The van der Waals surface area contributed by atoms with Crippen LogP contribution >= 0.6 is 0 Å². The van der Waals surface area contributed by atoms with Gasteiger partial charge < -0.3 is 11.1 Å². The first-order chi connectivity index (χ1) is 7.27. The maximum absolute atomic E-state index is 12.8. The van der Waals surface area contributed by atoms with Crippen molar-refractivity contribution in [2.45, 2.75) is 24.8 Å². The fourth-order valence-electron chi connectivity index (χ4n) is 2.18. The predicted molar refractivity (Wildman–Crippen MR) is 59.0 cm³/mol. The van der Waals surface area contributed by atoms with Crippen LogP contribution in [0.5, 0.6) is 0 Å². The van der Waals surface area contributed by atoms with Crippen LogP contribution in [0.1, 0.15) is 24.8 Å². The molecular weight excluding hydrogens is 191 g/mol. The number of rotatable bonds is 4. The predicted octanol–water partition coefficient (Wildman–Crippen LogP) is 1.75. The van der Waals surface area contributed by atoms with Crippen molar-refractivity contribution in [1.82, 2.24) is 5.32 Å². The van der Waals surface area contributed by atoms with Crippen molar-refractivity contribution in [2.75, 3.05) is 13.1 Å². The van der Waals surface area contributed by atoms with Crippen LogP contribution in [-0.4, -0.2) is 13.1 Å². The van der Waals surface area contributed by atoms with Gasteiger partial charge in [0, 0.05) is 18.6 Å². The van der Waals surface area contributed by atoms with Crippen molar-refractivity contribution in [3.63, 3.8) is 0 Å². The molecule has 15 heavy (non-hydrogen) atoms. The van der Waals surface area contributed by atoms with E-state index in [1.807, 2.05) is 12.1 Å². The Morgan fingerprint density at radius 2 is 1.93 bits per heavy atom. The van der Waals surface area contributed by atoms with E-state index in [-0.39, 0.29) is 11.4 Å². The molecule has 1 aromatic carbocycles. The van der Waals surface area contributed by atoms with Crippen LogP contribution in [0.25, 0.3) is 0 Å². The molecule has 1 aliphatic rings. The first-order valence-electron chi connectivity index (χ1n) is 5.48. The van der Waals surface area contributed by atoms with Gasteiger partial charge in [-0.05, 0) is 37.0 Å². The van der Waals surface area contributed by atoms with Crippen molar-refractivity contribution < 1.29 is 4.39 Å². The SMILES string of the molecule is NCCNC1(c2ccc(F)cc2)CCC1. The fraction of sp³-hybridized carbons (Fsp3) is 0.500. The lowest BCUT2D eigenvalue weighted by Gasteiger charge is -2.43. The standard InChI is InChI=1S/C12H17FN2/c13-11-4-2-10(3-5-11)12(6-1-7-12)15-9-8-14/h2-5,15H,1,6-9,14H2. The Hall–Kier alpha value is -0.930. The zero-order valence-electron chi connectivity index (χ0n) is 8.80. The van der Waals surface area contributed by atoms with Gasteiger partial charge in [-0.15, -0.1) is 0 Å². The molecule has 2 rings (SSSR count). The van der Waals surface area contributed by atoms with E-state index in [2.05, 4.69) is 5.32 Å². The van der Waals surface area contributed by atoms with E-state index >= 15 is 0 Å². The maximum Gasteiger partial charge on any atom is 0.123 e. The molecule has 0 amide bonds. The van der Waals surface area contributed by atoms with Gasteiger partial charge in [-0.3, -0.25) is 0 Å². The molecule has 3 heteroatoms. The maximum atomic E-state index is 12.8. The van der Waals surface area contributed by atoms with Gasteiger partial charge in [-0.1, -0.05) is 12.1 Å².